The molecule has 0 spiro atoms. The first-order chi connectivity index (χ1) is 15.1. The van der Waals surface area contributed by atoms with Crippen LogP contribution in [0.15, 0.2) is 53.4 Å². The highest BCUT2D eigenvalue weighted by atomic mass is 32.2. The van der Waals surface area contributed by atoms with Crippen molar-refractivity contribution in [2.45, 2.75) is 51.7 Å². The van der Waals surface area contributed by atoms with Gasteiger partial charge in [-0.25, -0.2) is 17.9 Å². The van der Waals surface area contributed by atoms with Crippen LogP contribution in [0.5, 0.6) is 0 Å². The van der Waals surface area contributed by atoms with Gasteiger partial charge in [0.25, 0.3) is 5.91 Å². The summed E-state index contributed by atoms with van der Waals surface area (Å²) in [5.41, 5.74) is 1.75. The summed E-state index contributed by atoms with van der Waals surface area (Å²) in [4.78, 5) is 27.0. The number of carbonyl (C=O) groups is 2. The van der Waals surface area contributed by atoms with Gasteiger partial charge < -0.3 is 15.0 Å². The molecule has 2 aromatic rings. The Bertz CT molecular complexity index is 1010. The molecule has 0 fully saturated rings. The lowest BCUT2D eigenvalue weighted by atomic mass is 10.2. The fourth-order valence-corrected chi connectivity index (χ4v) is 4.27. The number of anilines is 2. The second-order valence-electron chi connectivity index (χ2n) is 7.56. The normalized spacial score (nSPS) is 12.3. The van der Waals surface area contributed by atoms with Crippen LogP contribution in [0.2, 0.25) is 0 Å². The maximum Gasteiger partial charge on any atom is 0.338 e. The van der Waals surface area contributed by atoms with E-state index in [2.05, 4.69) is 28.8 Å². The summed E-state index contributed by atoms with van der Waals surface area (Å²) in [5.74, 6) is -1.12. The van der Waals surface area contributed by atoms with Gasteiger partial charge in [0, 0.05) is 30.5 Å². The molecule has 0 aliphatic rings. The van der Waals surface area contributed by atoms with E-state index >= 15 is 0 Å². The van der Waals surface area contributed by atoms with Crippen molar-refractivity contribution in [3.05, 3.63) is 54.1 Å². The summed E-state index contributed by atoms with van der Waals surface area (Å²) in [6.07, 6.45) is -1.03. The largest absolute Gasteiger partial charge is 0.449 e. The van der Waals surface area contributed by atoms with Gasteiger partial charge in [-0.2, -0.15) is 0 Å². The number of ether oxygens (including phenoxy) is 1. The minimum Gasteiger partial charge on any atom is -0.449 e. The van der Waals surface area contributed by atoms with Crippen molar-refractivity contribution in [2.24, 2.45) is 0 Å². The van der Waals surface area contributed by atoms with Crippen LogP contribution in [0.3, 0.4) is 0 Å². The maximum atomic E-state index is 12.4. The highest BCUT2D eigenvalue weighted by Gasteiger charge is 2.20. The van der Waals surface area contributed by atoms with Crippen molar-refractivity contribution in [3.63, 3.8) is 0 Å². The van der Waals surface area contributed by atoms with Gasteiger partial charge in [-0.15, -0.1) is 0 Å². The highest BCUT2D eigenvalue weighted by Crippen LogP contribution is 2.17. The Morgan fingerprint density at radius 1 is 0.938 bits per heavy atom. The fourth-order valence-electron chi connectivity index (χ4n) is 3.02. The molecular weight excluding hydrogens is 430 g/mol. The molecular formula is C23H31N3O5S. The number of sulfonamides is 1. The van der Waals surface area contributed by atoms with E-state index in [1.165, 1.54) is 31.2 Å². The zero-order valence-electron chi connectivity index (χ0n) is 19.1. The Morgan fingerprint density at radius 3 is 2.00 bits per heavy atom. The van der Waals surface area contributed by atoms with Crippen molar-refractivity contribution in [1.29, 1.82) is 0 Å². The summed E-state index contributed by atoms with van der Waals surface area (Å²) in [6, 6.07) is 12.6. The van der Waals surface area contributed by atoms with Crippen molar-refractivity contribution < 1.29 is 22.7 Å². The molecule has 0 radical (unpaired) electrons. The Hall–Kier alpha value is -2.91. The fraction of sp³-hybridized carbons (Fsp3) is 0.391. The standard InChI is InChI=1S/C23H31N3O5S/c1-6-26(7-2)20-12-8-18(9-13-20)23(28)31-17(5)22(27)24-19-10-14-21(15-11-19)32(29,30)25-16(3)4/h8-17,25H,6-7H2,1-5H3,(H,24,27)/t17-/m1/s1. The number of hydrogen-bond donors (Lipinski definition) is 2. The lowest BCUT2D eigenvalue weighted by Crippen LogP contribution is -2.30. The molecule has 8 nitrogen and oxygen atoms in total. The van der Waals surface area contributed by atoms with Crippen LogP contribution in [-0.2, 0) is 19.6 Å². The first kappa shape index (κ1) is 25.4. The molecule has 9 heteroatoms. The van der Waals surface area contributed by atoms with E-state index in [4.69, 9.17) is 4.74 Å². The Morgan fingerprint density at radius 2 is 1.50 bits per heavy atom. The van der Waals surface area contributed by atoms with E-state index in [-0.39, 0.29) is 10.9 Å². The summed E-state index contributed by atoms with van der Waals surface area (Å²) in [6.45, 7) is 10.8. The molecule has 2 rings (SSSR count). The zero-order valence-corrected chi connectivity index (χ0v) is 19.9. The molecule has 0 saturated heterocycles. The van der Waals surface area contributed by atoms with Crippen LogP contribution < -0.4 is 14.9 Å². The molecule has 1 amide bonds. The second kappa shape index (κ2) is 11.1. The van der Waals surface area contributed by atoms with Gasteiger partial charge >= 0.3 is 5.97 Å². The average Bonchev–Trinajstić information content (AvgIpc) is 2.74. The number of hydrogen-bond acceptors (Lipinski definition) is 6. The van der Waals surface area contributed by atoms with Gasteiger partial charge in [-0.3, -0.25) is 4.79 Å². The van der Waals surface area contributed by atoms with Crippen LogP contribution in [0, 0.1) is 0 Å². The van der Waals surface area contributed by atoms with Crippen molar-refractivity contribution in [3.8, 4) is 0 Å². The summed E-state index contributed by atoms with van der Waals surface area (Å²) >= 11 is 0. The monoisotopic (exact) mass is 461 g/mol. The minimum absolute atomic E-state index is 0.0943. The molecule has 2 N–H and O–H groups in total. The van der Waals surface area contributed by atoms with Gasteiger partial charge in [-0.05, 0) is 83.1 Å². The Kier molecular flexibility index (Phi) is 8.80. The van der Waals surface area contributed by atoms with Gasteiger partial charge in [0.1, 0.15) is 0 Å². The predicted octanol–water partition coefficient (Wildman–Crippen LogP) is 3.40. The Balaban J connectivity index is 1.97. The van der Waals surface area contributed by atoms with Gasteiger partial charge in [0.05, 0.1) is 10.5 Å². The summed E-state index contributed by atoms with van der Waals surface area (Å²) < 4.78 is 32.1. The first-order valence-electron chi connectivity index (χ1n) is 10.6. The second-order valence-corrected chi connectivity index (χ2v) is 9.27. The maximum absolute atomic E-state index is 12.4. The molecule has 0 heterocycles. The zero-order chi connectivity index (χ0) is 23.9. The molecule has 0 saturated carbocycles. The minimum atomic E-state index is -3.61. The lowest BCUT2D eigenvalue weighted by molar-refractivity contribution is -0.123. The van der Waals surface area contributed by atoms with Crippen molar-refractivity contribution in [2.75, 3.05) is 23.3 Å². The number of nitrogens with one attached hydrogen (secondary N) is 2. The summed E-state index contributed by atoms with van der Waals surface area (Å²) in [7, 11) is -3.61. The first-order valence-corrected chi connectivity index (χ1v) is 12.0. The third-order valence-corrected chi connectivity index (χ3v) is 6.38. The molecule has 0 aromatic heterocycles. The SMILES string of the molecule is CCN(CC)c1ccc(C(=O)O[C@H](C)C(=O)Nc2ccc(S(=O)(=O)NC(C)C)cc2)cc1. The quantitative estimate of drug-likeness (QED) is 0.526. The van der Waals surface area contributed by atoms with E-state index in [1.54, 1.807) is 26.0 Å². The number of carbonyl (C=O) groups excluding carboxylic acids is 2. The van der Waals surface area contributed by atoms with E-state index in [0.717, 1.165) is 18.8 Å². The molecule has 32 heavy (non-hydrogen) atoms. The molecule has 0 bridgehead atoms. The summed E-state index contributed by atoms with van der Waals surface area (Å²) in [5, 5.41) is 2.62. The number of rotatable bonds is 10. The molecule has 0 aliphatic carbocycles. The van der Waals surface area contributed by atoms with Crippen LogP contribution in [0.4, 0.5) is 11.4 Å². The molecule has 0 aliphatic heterocycles. The van der Waals surface area contributed by atoms with Gasteiger partial charge in [-0.1, -0.05) is 0 Å². The molecule has 2 aromatic carbocycles. The number of esters is 1. The van der Waals surface area contributed by atoms with Crippen molar-refractivity contribution in [1.82, 2.24) is 4.72 Å². The van der Waals surface area contributed by atoms with Crippen molar-refractivity contribution >= 4 is 33.3 Å². The smallest absolute Gasteiger partial charge is 0.338 e. The molecule has 174 valence electrons. The van der Waals surface area contributed by atoms with E-state index in [9.17, 15) is 18.0 Å². The molecule has 0 unspecified atom stereocenters. The predicted molar refractivity (Wildman–Crippen MR) is 125 cm³/mol. The van der Waals surface area contributed by atoms with Crippen LogP contribution >= 0.6 is 0 Å². The lowest BCUT2D eigenvalue weighted by Gasteiger charge is -2.21. The van der Waals surface area contributed by atoms with Crippen LogP contribution in [-0.4, -0.2) is 45.5 Å². The molecule has 1 atom stereocenters. The highest BCUT2D eigenvalue weighted by molar-refractivity contribution is 7.89. The average molecular weight is 462 g/mol. The van der Waals surface area contributed by atoms with E-state index < -0.39 is 28.0 Å². The Labute approximate surface area is 190 Å². The number of benzene rings is 2. The number of amides is 1. The van der Waals surface area contributed by atoms with Gasteiger partial charge in [0.15, 0.2) is 6.10 Å². The van der Waals surface area contributed by atoms with Gasteiger partial charge in [0.2, 0.25) is 10.0 Å². The third-order valence-electron chi connectivity index (χ3n) is 4.71. The van der Waals surface area contributed by atoms with Crippen LogP contribution in [0.1, 0.15) is 45.0 Å². The topological polar surface area (TPSA) is 105 Å². The van der Waals surface area contributed by atoms with E-state index in [0.29, 0.717) is 11.3 Å². The third kappa shape index (κ3) is 6.80. The number of nitrogens with zero attached hydrogens (tertiary/aromatic N) is 1. The van der Waals surface area contributed by atoms with Crippen LogP contribution in [0.25, 0.3) is 0 Å². The van der Waals surface area contributed by atoms with E-state index in [1.807, 2.05) is 12.1 Å².